The molecule has 1 heterocycles. The van der Waals surface area contributed by atoms with Gasteiger partial charge >= 0.3 is 0 Å². The molecule has 4 rings (SSSR count). The monoisotopic (exact) mass is 664 g/mol. The predicted molar refractivity (Wildman–Crippen MR) is 157 cm³/mol. The Morgan fingerprint density at radius 1 is 0.789 bits per heavy atom. The first kappa shape index (κ1) is 28.5. The summed E-state index contributed by atoms with van der Waals surface area (Å²) in [6.45, 7) is 8.38. The van der Waals surface area contributed by atoms with E-state index in [1.165, 1.54) is 28.8 Å². The van der Waals surface area contributed by atoms with E-state index < -0.39 is 32.0 Å². The van der Waals surface area contributed by atoms with Crippen LogP contribution in [0.2, 0.25) is 0 Å². The number of carbonyl (C=O) groups excluding carboxylic acids is 1. The maximum absolute atomic E-state index is 14.0. The van der Waals surface area contributed by atoms with Crippen LogP contribution in [0.4, 0.5) is 0 Å². The van der Waals surface area contributed by atoms with Crippen molar-refractivity contribution >= 4 is 59.4 Å². The van der Waals surface area contributed by atoms with Gasteiger partial charge in [-0.25, -0.2) is 16.8 Å². The number of sulfonamides is 2. The van der Waals surface area contributed by atoms with Crippen molar-refractivity contribution in [1.29, 1.82) is 0 Å². The van der Waals surface area contributed by atoms with Gasteiger partial charge in [0, 0.05) is 14.4 Å². The number of carbonyl (C=O) groups is 1. The molecule has 38 heavy (non-hydrogen) atoms. The fraction of sp³-hybridized carbons (Fsp3) is 0.250. The molecule has 3 aromatic carbocycles. The number of aromatic nitrogens is 1. The third-order valence-electron chi connectivity index (χ3n) is 6.20. The number of para-hydroxylation sites is 1. The third kappa shape index (κ3) is 5.18. The average Bonchev–Trinajstić information content (AvgIpc) is 3.13. The summed E-state index contributed by atoms with van der Waals surface area (Å²) in [5, 5.41) is 0.737. The Hall–Kier alpha value is -2.54. The van der Waals surface area contributed by atoms with Crippen LogP contribution < -0.4 is 0 Å². The number of halogens is 1. The van der Waals surface area contributed by atoms with E-state index in [0.717, 1.165) is 16.5 Å². The minimum absolute atomic E-state index is 0.154. The van der Waals surface area contributed by atoms with Crippen LogP contribution in [-0.4, -0.2) is 31.0 Å². The molecule has 0 saturated heterocycles. The van der Waals surface area contributed by atoms with E-state index in [4.69, 9.17) is 0 Å². The van der Waals surface area contributed by atoms with E-state index >= 15 is 0 Å². The molecule has 0 fully saturated rings. The van der Waals surface area contributed by atoms with Crippen LogP contribution in [-0.2, 0) is 26.6 Å². The van der Waals surface area contributed by atoms with Crippen molar-refractivity contribution in [2.75, 3.05) is 0 Å². The smallest absolute Gasteiger partial charge is 0.256 e. The van der Waals surface area contributed by atoms with Gasteiger partial charge in [0.15, 0.2) is 0 Å². The minimum atomic E-state index is -4.55. The summed E-state index contributed by atoms with van der Waals surface area (Å²) in [5.41, 5.74) is 1.74. The van der Waals surface area contributed by atoms with E-state index in [-0.39, 0.29) is 21.4 Å². The van der Waals surface area contributed by atoms with Crippen molar-refractivity contribution in [1.82, 2.24) is 8.28 Å². The molecular formula is C28H29IN2O5S2. The molecule has 0 aliphatic rings. The molecule has 7 nitrogen and oxygen atoms in total. The Balaban J connectivity index is 2.00. The number of hydrogen-bond acceptors (Lipinski definition) is 5. The first-order valence-corrected chi connectivity index (χ1v) is 15.9. The molecule has 0 atom stereocenters. The molecular weight excluding hydrogens is 635 g/mol. The first-order chi connectivity index (χ1) is 17.7. The Bertz CT molecular complexity index is 1660. The molecule has 4 aromatic rings. The summed E-state index contributed by atoms with van der Waals surface area (Å²) in [5.74, 6) is -0.271. The fourth-order valence-electron chi connectivity index (χ4n) is 4.04. The minimum Gasteiger partial charge on any atom is -0.281 e. The maximum atomic E-state index is 14.0. The summed E-state index contributed by atoms with van der Waals surface area (Å²) in [4.78, 5) is 13.3. The van der Waals surface area contributed by atoms with Gasteiger partial charge in [0.05, 0.1) is 27.5 Å². The molecule has 200 valence electrons. The van der Waals surface area contributed by atoms with Crippen LogP contribution in [0.15, 0.2) is 82.6 Å². The van der Waals surface area contributed by atoms with E-state index in [2.05, 4.69) is 22.6 Å². The Morgan fingerprint density at radius 3 is 1.68 bits per heavy atom. The topological polar surface area (TPSA) is 93.5 Å². The Kier molecular flexibility index (Phi) is 7.65. The van der Waals surface area contributed by atoms with E-state index in [1.807, 2.05) is 26.0 Å². The van der Waals surface area contributed by atoms with E-state index in [0.29, 0.717) is 12.8 Å². The van der Waals surface area contributed by atoms with E-state index in [9.17, 15) is 21.6 Å². The number of hydrogen-bond donors (Lipinski definition) is 0. The van der Waals surface area contributed by atoms with Crippen LogP contribution in [0, 0.1) is 22.8 Å². The van der Waals surface area contributed by atoms with Crippen LogP contribution in [0.3, 0.4) is 0 Å². The highest BCUT2D eigenvalue weighted by Gasteiger charge is 2.39. The standard InChI is InChI=1S/C28H29IN2O5S2/c1-19-10-14-21(15-11-19)37(33,34)30(38(35,36)22-16-12-20(2)13-17-22)18-25-26(29)23-8-6-7-9-24(23)31(25)27(32)28(3,4)5/h6-17H,18H2,1-5H3. The van der Waals surface area contributed by atoms with Crippen LogP contribution >= 0.6 is 22.6 Å². The molecule has 0 unspecified atom stereocenters. The van der Waals surface area contributed by atoms with Gasteiger partial charge in [0.2, 0.25) is 5.91 Å². The summed E-state index contributed by atoms with van der Waals surface area (Å²) in [7, 11) is -9.09. The van der Waals surface area contributed by atoms with Gasteiger partial charge in [-0.3, -0.25) is 9.36 Å². The predicted octanol–water partition coefficient (Wildman–Crippen LogP) is 6.13. The molecule has 0 amide bonds. The molecule has 0 saturated carbocycles. The molecule has 0 radical (unpaired) electrons. The second-order valence-corrected chi connectivity index (χ2v) is 15.3. The Labute approximate surface area is 237 Å². The Morgan fingerprint density at radius 2 is 1.24 bits per heavy atom. The van der Waals surface area contributed by atoms with Crippen LogP contribution in [0.1, 0.15) is 42.4 Å². The second-order valence-electron chi connectivity index (χ2n) is 10.2. The van der Waals surface area contributed by atoms with Crippen molar-refractivity contribution in [3.8, 4) is 0 Å². The normalized spacial score (nSPS) is 12.8. The third-order valence-corrected chi connectivity index (χ3v) is 11.6. The molecule has 1 aromatic heterocycles. The lowest BCUT2D eigenvalue weighted by molar-refractivity contribution is 0.0768. The lowest BCUT2D eigenvalue weighted by Gasteiger charge is -2.25. The van der Waals surface area contributed by atoms with E-state index in [1.54, 1.807) is 57.2 Å². The fourth-order valence-corrected chi connectivity index (χ4v) is 8.47. The number of nitrogens with zero attached hydrogens (tertiary/aromatic N) is 2. The molecule has 0 spiro atoms. The van der Waals surface area contributed by atoms with Crippen molar-refractivity contribution in [2.45, 2.75) is 51.0 Å². The van der Waals surface area contributed by atoms with Crippen molar-refractivity contribution < 1.29 is 21.6 Å². The number of fused-ring (bicyclic) bond motifs is 1. The highest BCUT2D eigenvalue weighted by atomic mass is 127. The van der Waals surface area contributed by atoms with Gasteiger partial charge in [-0.2, -0.15) is 0 Å². The van der Waals surface area contributed by atoms with Gasteiger partial charge in [-0.1, -0.05) is 78.1 Å². The molecule has 0 bridgehead atoms. The highest BCUT2D eigenvalue weighted by molar-refractivity contribution is 14.1. The largest absolute Gasteiger partial charge is 0.281 e. The molecule has 0 aliphatic heterocycles. The number of aryl methyl sites for hydroxylation is 2. The highest BCUT2D eigenvalue weighted by Crippen LogP contribution is 2.34. The molecule has 10 heteroatoms. The van der Waals surface area contributed by atoms with Gasteiger partial charge in [0.25, 0.3) is 20.0 Å². The SMILES string of the molecule is Cc1ccc(S(=O)(=O)N(Cc2c(I)c3ccccc3n2C(=O)C(C)(C)C)S(=O)(=O)c2ccc(C)cc2)cc1. The maximum Gasteiger partial charge on any atom is 0.256 e. The number of rotatable bonds is 6. The molecule has 0 N–H and O–H groups in total. The zero-order chi connectivity index (χ0) is 28.0. The van der Waals surface area contributed by atoms with Gasteiger partial charge in [-0.15, -0.1) is 0 Å². The van der Waals surface area contributed by atoms with Gasteiger partial charge < -0.3 is 0 Å². The van der Waals surface area contributed by atoms with Gasteiger partial charge in [-0.05, 0) is 66.8 Å². The van der Waals surface area contributed by atoms with Crippen molar-refractivity contribution in [3.63, 3.8) is 0 Å². The summed E-state index contributed by atoms with van der Waals surface area (Å²) in [6, 6.07) is 19.3. The van der Waals surface area contributed by atoms with Crippen LogP contribution in [0.5, 0.6) is 0 Å². The van der Waals surface area contributed by atoms with Crippen molar-refractivity contribution in [2.24, 2.45) is 5.41 Å². The summed E-state index contributed by atoms with van der Waals surface area (Å²) >= 11 is 2.06. The summed E-state index contributed by atoms with van der Waals surface area (Å²) < 4.78 is 58.5. The lowest BCUT2D eigenvalue weighted by atomic mass is 9.95. The lowest BCUT2D eigenvalue weighted by Crippen LogP contribution is -2.38. The van der Waals surface area contributed by atoms with Crippen molar-refractivity contribution in [3.05, 3.63) is 93.2 Å². The average molecular weight is 665 g/mol. The zero-order valence-corrected chi connectivity index (χ0v) is 25.6. The molecule has 0 aliphatic carbocycles. The number of benzene rings is 3. The second kappa shape index (κ2) is 10.2. The quantitative estimate of drug-likeness (QED) is 0.232. The van der Waals surface area contributed by atoms with Crippen LogP contribution in [0.25, 0.3) is 10.9 Å². The van der Waals surface area contributed by atoms with Gasteiger partial charge in [0.1, 0.15) is 0 Å². The first-order valence-electron chi connectivity index (χ1n) is 11.9. The zero-order valence-electron chi connectivity index (χ0n) is 21.8. The summed E-state index contributed by atoms with van der Waals surface area (Å²) in [6.07, 6.45) is 0.